The molecule has 208 valence electrons. The molecule has 3 aromatic rings. The Kier molecular flexibility index (Phi) is 6.29. The van der Waals surface area contributed by atoms with Gasteiger partial charge in [-0.25, -0.2) is 8.78 Å². The number of hydrogen-bond acceptors (Lipinski definition) is 8. The number of methoxy groups -OCH3 is 2. The fourth-order valence-electron chi connectivity index (χ4n) is 5.58. The van der Waals surface area contributed by atoms with Crippen LogP contribution in [-0.2, 0) is 21.5 Å². The van der Waals surface area contributed by atoms with Crippen LogP contribution in [0.2, 0.25) is 0 Å². The summed E-state index contributed by atoms with van der Waals surface area (Å²) in [6.45, 7) is 2.15. The van der Waals surface area contributed by atoms with Gasteiger partial charge < -0.3 is 24.0 Å². The highest BCUT2D eigenvalue weighted by atomic mass is 19.1. The number of amides is 1. The summed E-state index contributed by atoms with van der Waals surface area (Å²) in [6.07, 6.45) is 2.57. The van der Waals surface area contributed by atoms with Crippen molar-refractivity contribution in [2.24, 2.45) is 0 Å². The van der Waals surface area contributed by atoms with Gasteiger partial charge in [0.1, 0.15) is 5.69 Å². The van der Waals surface area contributed by atoms with Gasteiger partial charge in [-0.15, -0.1) is 0 Å². The minimum absolute atomic E-state index is 0.0696. The molecular formula is C28H26F2N4O6. The lowest BCUT2D eigenvalue weighted by atomic mass is 9.85. The summed E-state index contributed by atoms with van der Waals surface area (Å²) in [6, 6.07) is 7.71. The van der Waals surface area contributed by atoms with E-state index in [1.54, 1.807) is 12.3 Å². The fourth-order valence-corrected chi connectivity index (χ4v) is 5.58. The molecule has 1 aromatic heterocycles. The van der Waals surface area contributed by atoms with E-state index in [2.05, 4.69) is 4.98 Å². The van der Waals surface area contributed by atoms with E-state index >= 15 is 8.78 Å². The number of benzene rings is 2. The smallest absolute Gasteiger partial charge is 0.272 e. The van der Waals surface area contributed by atoms with Crippen LogP contribution in [0.1, 0.15) is 24.0 Å². The zero-order valence-corrected chi connectivity index (χ0v) is 21.9. The molecule has 1 spiro atoms. The Hall–Kier alpha value is -4.32. The predicted molar refractivity (Wildman–Crippen MR) is 141 cm³/mol. The first-order chi connectivity index (χ1) is 19.3. The van der Waals surface area contributed by atoms with Crippen molar-refractivity contribution in [2.75, 3.05) is 50.3 Å². The fraction of sp³-hybridized carbons (Fsp3) is 0.357. The highest BCUT2D eigenvalue weighted by molar-refractivity contribution is 6.05. The summed E-state index contributed by atoms with van der Waals surface area (Å²) in [7, 11) is 2.50. The third kappa shape index (κ3) is 4.10. The summed E-state index contributed by atoms with van der Waals surface area (Å²) in [5, 5.41) is 11.7. The number of hydrogen-bond donors (Lipinski definition) is 0. The van der Waals surface area contributed by atoms with Crippen LogP contribution in [0.3, 0.4) is 0 Å². The van der Waals surface area contributed by atoms with Crippen molar-refractivity contribution in [3.8, 4) is 22.8 Å². The second-order valence-electron chi connectivity index (χ2n) is 10.1. The average molecular weight is 553 g/mol. The van der Waals surface area contributed by atoms with Gasteiger partial charge in [-0.1, -0.05) is 0 Å². The number of carbonyl (C=O) groups excluding carboxylic acids is 1. The standard InChI is InChI=1S/C28H26F2N4O6/c1-38-22-13-23(39-2)25(30)26(24(22)29)33-15-17-14-31-21(12-20(17)28(3-4-28)27(33)35)16-9-18(11-19(10-16)34(36)37)32-5-7-40-8-6-32/h9-14H,3-8,15H2,1-2H3. The molecular weight excluding hydrogens is 526 g/mol. The molecule has 6 rings (SSSR count). The molecule has 12 heteroatoms. The summed E-state index contributed by atoms with van der Waals surface area (Å²) in [5.74, 6) is -2.91. The van der Waals surface area contributed by atoms with Crippen molar-refractivity contribution in [2.45, 2.75) is 24.8 Å². The third-order valence-corrected chi connectivity index (χ3v) is 7.84. The van der Waals surface area contributed by atoms with Crippen molar-refractivity contribution in [3.63, 3.8) is 0 Å². The molecule has 0 radical (unpaired) electrons. The highest BCUT2D eigenvalue weighted by Crippen LogP contribution is 2.55. The average Bonchev–Trinajstić information content (AvgIpc) is 3.78. The van der Waals surface area contributed by atoms with Crippen LogP contribution in [0.5, 0.6) is 11.5 Å². The molecule has 1 saturated heterocycles. The Morgan fingerprint density at radius 1 is 1.02 bits per heavy atom. The van der Waals surface area contributed by atoms with E-state index in [1.807, 2.05) is 11.0 Å². The van der Waals surface area contributed by atoms with Gasteiger partial charge in [0, 0.05) is 48.7 Å². The number of anilines is 2. The van der Waals surface area contributed by atoms with E-state index in [0.29, 0.717) is 67.2 Å². The van der Waals surface area contributed by atoms with Gasteiger partial charge >= 0.3 is 0 Å². The summed E-state index contributed by atoms with van der Waals surface area (Å²) in [4.78, 5) is 32.8. The largest absolute Gasteiger partial charge is 0.493 e. The van der Waals surface area contributed by atoms with Crippen LogP contribution in [-0.4, -0.2) is 56.3 Å². The second kappa shape index (κ2) is 9.70. The van der Waals surface area contributed by atoms with Crippen molar-refractivity contribution in [3.05, 3.63) is 69.4 Å². The maximum absolute atomic E-state index is 15.3. The molecule has 3 heterocycles. The van der Waals surface area contributed by atoms with Crippen molar-refractivity contribution >= 4 is 23.0 Å². The van der Waals surface area contributed by atoms with E-state index in [4.69, 9.17) is 14.2 Å². The molecule has 0 unspecified atom stereocenters. The number of halogens is 2. The minimum atomic E-state index is -0.995. The zero-order valence-electron chi connectivity index (χ0n) is 21.9. The lowest BCUT2D eigenvalue weighted by Gasteiger charge is -2.35. The lowest BCUT2D eigenvalue weighted by Crippen LogP contribution is -2.45. The molecule has 1 saturated carbocycles. The van der Waals surface area contributed by atoms with Crippen LogP contribution in [0.15, 0.2) is 36.5 Å². The maximum atomic E-state index is 15.3. The molecule has 10 nitrogen and oxygen atoms in total. The Bertz CT molecular complexity index is 1510. The Labute approximate surface area is 228 Å². The zero-order chi connectivity index (χ0) is 28.2. The van der Waals surface area contributed by atoms with Crippen LogP contribution in [0.4, 0.5) is 25.8 Å². The number of non-ortho nitro benzene ring substituents is 1. The van der Waals surface area contributed by atoms with Crippen LogP contribution in [0.25, 0.3) is 11.3 Å². The quantitative estimate of drug-likeness (QED) is 0.328. The van der Waals surface area contributed by atoms with Crippen molar-refractivity contribution in [1.82, 2.24) is 4.98 Å². The molecule has 2 aliphatic heterocycles. The second-order valence-corrected chi connectivity index (χ2v) is 10.1. The van der Waals surface area contributed by atoms with Gasteiger partial charge in [0.15, 0.2) is 23.1 Å². The first-order valence-electron chi connectivity index (χ1n) is 12.8. The van der Waals surface area contributed by atoms with E-state index in [9.17, 15) is 14.9 Å². The molecule has 2 aromatic carbocycles. The molecule has 3 aliphatic rings. The Balaban J connectivity index is 1.43. The van der Waals surface area contributed by atoms with Crippen LogP contribution >= 0.6 is 0 Å². The normalized spacial score (nSPS) is 17.6. The van der Waals surface area contributed by atoms with Gasteiger partial charge in [0.25, 0.3) is 5.69 Å². The number of rotatable bonds is 6. The monoisotopic (exact) mass is 552 g/mol. The number of fused-ring (bicyclic) bond motifs is 2. The Morgan fingerprint density at radius 2 is 1.70 bits per heavy atom. The maximum Gasteiger partial charge on any atom is 0.272 e. The van der Waals surface area contributed by atoms with E-state index < -0.39 is 33.6 Å². The first-order valence-corrected chi connectivity index (χ1v) is 12.8. The molecule has 40 heavy (non-hydrogen) atoms. The molecule has 0 bridgehead atoms. The molecule has 1 aliphatic carbocycles. The topological polar surface area (TPSA) is 107 Å². The highest BCUT2D eigenvalue weighted by Gasteiger charge is 2.57. The van der Waals surface area contributed by atoms with Crippen molar-refractivity contribution < 1.29 is 32.7 Å². The summed E-state index contributed by atoms with van der Waals surface area (Å²) < 4.78 is 46.2. The number of ether oxygens (including phenoxy) is 3. The van der Waals surface area contributed by atoms with Crippen molar-refractivity contribution in [1.29, 1.82) is 0 Å². The van der Waals surface area contributed by atoms with Gasteiger partial charge in [-0.05, 0) is 36.1 Å². The number of nitro benzene ring substituents is 1. The SMILES string of the molecule is COc1cc(OC)c(F)c(N2Cc3cnc(-c4cc(N5CCOCC5)cc([N+](=O)[O-])c4)cc3C3(CC3)C2=O)c1F. The van der Waals surface area contributed by atoms with E-state index in [1.165, 1.54) is 26.4 Å². The van der Waals surface area contributed by atoms with Crippen LogP contribution < -0.4 is 19.3 Å². The molecule has 0 N–H and O–H groups in total. The number of morpholine rings is 1. The number of carbonyl (C=O) groups is 1. The third-order valence-electron chi connectivity index (χ3n) is 7.84. The van der Waals surface area contributed by atoms with Gasteiger partial charge in [0.2, 0.25) is 5.91 Å². The molecule has 2 fully saturated rings. The lowest BCUT2D eigenvalue weighted by molar-refractivity contribution is -0.384. The number of nitro groups is 1. The summed E-state index contributed by atoms with van der Waals surface area (Å²) >= 11 is 0. The van der Waals surface area contributed by atoms with E-state index in [0.717, 1.165) is 11.0 Å². The minimum Gasteiger partial charge on any atom is -0.493 e. The first kappa shape index (κ1) is 25.9. The van der Waals surface area contributed by atoms with E-state index in [-0.39, 0.29) is 23.7 Å². The van der Waals surface area contributed by atoms with Gasteiger partial charge in [-0.2, -0.15) is 0 Å². The van der Waals surface area contributed by atoms with Crippen LogP contribution in [0, 0.1) is 21.7 Å². The number of aromatic nitrogens is 1. The molecule has 1 amide bonds. The van der Waals surface area contributed by atoms with Gasteiger partial charge in [0.05, 0.1) is 50.0 Å². The Morgan fingerprint density at radius 3 is 2.30 bits per heavy atom. The summed E-state index contributed by atoms with van der Waals surface area (Å²) in [5.41, 5.74) is 1.50. The predicted octanol–water partition coefficient (Wildman–Crippen LogP) is 4.37. The number of pyridine rings is 1. The number of nitrogens with zero attached hydrogens (tertiary/aromatic N) is 4. The van der Waals surface area contributed by atoms with Gasteiger partial charge in [-0.3, -0.25) is 19.9 Å². The molecule has 0 atom stereocenters.